The van der Waals surface area contributed by atoms with E-state index in [1.54, 1.807) is 12.0 Å². The number of methoxy groups -OCH3 is 1. The average molecular weight is 421 g/mol. The van der Waals surface area contributed by atoms with E-state index < -0.39 is 0 Å². The van der Waals surface area contributed by atoms with Gasteiger partial charge in [0.2, 0.25) is 0 Å². The van der Waals surface area contributed by atoms with Crippen LogP contribution in [0.4, 0.5) is 11.4 Å². The molecular weight excluding hydrogens is 400 g/mol. The number of thioether (sulfide) groups is 1. The molecule has 29 heavy (non-hydrogen) atoms. The second-order valence-electron chi connectivity index (χ2n) is 6.83. The fraction of sp³-hybridized carbons (Fsp3) is 0.130. The number of nitrogens with zero attached hydrogens (tertiary/aromatic N) is 2. The highest BCUT2D eigenvalue weighted by Gasteiger charge is 2.33. The number of hydrogen-bond acceptors (Lipinski definition) is 5. The molecular formula is C23H20N2O2S2. The Kier molecular flexibility index (Phi) is 5.30. The van der Waals surface area contributed by atoms with Gasteiger partial charge in [0.05, 0.1) is 17.7 Å². The fourth-order valence-corrected chi connectivity index (χ4v) is 4.60. The first kappa shape index (κ1) is 19.5. The van der Waals surface area contributed by atoms with Crippen LogP contribution in [0.5, 0.6) is 5.75 Å². The van der Waals surface area contributed by atoms with Crippen LogP contribution in [0.1, 0.15) is 5.56 Å². The Morgan fingerprint density at radius 2 is 1.76 bits per heavy atom. The molecule has 1 heterocycles. The Balaban J connectivity index is 1.74. The molecule has 0 unspecified atom stereocenters. The summed E-state index contributed by atoms with van der Waals surface area (Å²) < 4.78 is 6.08. The minimum absolute atomic E-state index is 0.118. The molecule has 1 aliphatic heterocycles. The van der Waals surface area contributed by atoms with Crippen molar-refractivity contribution in [2.24, 2.45) is 0 Å². The number of thiocarbonyl (C=S) groups is 1. The summed E-state index contributed by atoms with van der Waals surface area (Å²) in [5.74, 6) is 0.608. The van der Waals surface area contributed by atoms with Crippen molar-refractivity contribution in [2.45, 2.75) is 0 Å². The molecule has 0 bridgehead atoms. The van der Waals surface area contributed by atoms with E-state index in [1.807, 2.05) is 85.7 Å². The molecule has 0 aromatic heterocycles. The van der Waals surface area contributed by atoms with Gasteiger partial charge in [0.1, 0.15) is 5.75 Å². The maximum absolute atomic E-state index is 13.2. The number of hydrogen-bond donors (Lipinski definition) is 0. The number of carbonyl (C=O) groups excluding carboxylic acids is 1. The summed E-state index contributed by atoms with van der Waals surface area (Å²) in [6.45, 7) is 0. The van der Waals surface area contributed by atoms with Crippen LogP contribution in [0.3, 0.4) is 0 Å². The van der Waals surface area contributed by atoms with Crippen LogP contribution >= 0.6 is 24.0 Å². The highest BCUT2D eigenvalue weighted by molar-refractivity contribution is 8.27. The van der Waals surface area contributed by atoms with Crippen molar-refractivity contribution in [3.8, 4) is 5.75 Å². The summed E-state index contributed by atoms with van der Waals surface area (Å²) in [6.07, 6.45) is 1.88. The van der Waals surface area contributed by atoms with E-state index in [4.69, 9.17) is 17.0 Å². The Morgan fingerprint density at radius 3 is 2.45 bits per heavy atom. The van der Waals surface area contributed by atoms with Gasteiger partial charge in [-0.25, -0.2) is 0 Å². The number of rotatable bonds is 4. The third kappa shape index (κ3) is 3.61. The van der Waals surface area contributed by atoms with E-state index in [-0.39, 0.29) is 5.91 Å². The topological polar surface area (TPSA) is 32.8 Å². The normalized spacial score (nSPS) is 15.4. The molecule has 4 rings (SSSR count). The third-order valence-electron chi connectivity index (χ3n) is 4.84. The van der Waals surface area contributed by atoms with Crippen molar-refractivity contribution in [2.75, 3.05) is 31.0 Å². The second kappa shape index (κ2) is 7.89. The fourth-order valence-electron chi connectivity index (χ4n) is 3.32. The SMILES string of the molecule is COc1ccc2ccccc2c1/C=C1/SC(=S)N(c2ccc(N(C)C)cc2)C1=O. The lowest BCUT2D eigenvalue weighted by atomic mass is 10.0. The quantitative estimate of drug-likeness (QED) is 0.421. The molecule has 0 saturated carbocycles. The lowest BCUT2D eigenvalue weighted by Gasteiger charge is -2.17. The highest BCUT2D eigenvalue weighted by atomic mass is 32.2. The summed E-state index contributed by atoms with van der Waals surface area (Å²) in [6, 6.07) is 19.8. The van der Waals surface area contributed by atoms with Crippen LogP contribution in [0.25, 0.3) is 16.8 Å². The van der Waals surface area contributed by atoms with Gasteiger partial charge in [-0.3, -0.25) is 9.69 Å². The average Bonchev–Trinajstić information content (AvgIpc) is 3.01. The minimum Gasteiger partial charge on any atom is -0.496 e. The smallest absolute Gasteiger partial charge is 0.270 e. The molecule has 0 radical (unpaired) electrons. The first-order valence-corrected chi connectivity index (χ1v) is 10.3. The lowest BCUT2D eigenvalue weighted by Crippen LogP contribution is -2.27. The second-order valence-corrected chi connectivity index (χ2v) is 8.51. The molecule has 1 aliphatic rings. The van der Waals surface area contributed by atoms with Crippen molar-refractivity contribution in [1.29, 1.82) is 0 Å². The van der Waals surface area contributed by atoms with Crippen molar-refractivity contribution in [1.82, 2.24) is 0 Å². The van der Waals surface area contributed by atoms with E-state index in [1.165, 1.54) is 11.8 Å². The molecule has 0 spiro atoms. The minimum atomic E-state index is -0.118. The van der Waals surface area contributed by atoms with Gasteiger partial charge < -0.3 is 9.64 Å². The van der Waals surface area contributed by atoms with Crippen molar-refractivity contribution < 1.29 is 9.53 Å². The van der Waals surface area contributed by atoms with Crippen LogP contribution in [0.15, 0.2) is 65.6 Å². The zero-order valence-electron chi connectivity index (χ0n) is 16.4. The zero-order chi connectivity index (χ0) is 20.5. The van der Waals surface area contributed by atoms with Crippen LogP contribution < -0.4 is 14.5 Å². The molecule has 1 amide bonds. The monoisotopic (exact) mass is 420 g/mol. The summed E-state index contributed by atoms with van der Waals surface area (Å²) in [7, 11) is 5.60. The summed E-state index contributed by atoms with van der Waals surface area (Å²) in [5, 5.41) is 2.13. The van der Waals surface area contributed by atoms with E-state index >= 15 is 0 Å². The van der Waals surface area contributed by atoms with Crippen LogP contribution in [0.2, 0.25) is 0 Å². The number of anilines is 2. The van der Waals surface area contributed by atoms with Crippen molar-refractivity contribution in [3.05, 3.63) is 71.1 Å². The van der Waals surface area contributed by atoms with Crippen LogP contribution in [0, 0.1) is 0 Å². The number of benzene rings is 3. The van der Waals surface area contributed by atoms with E-state index in [0.717, 1.165) is 33.5 Å². The Morgan fingerprint density at radius 1 is 1.03 bits per heavy atom. The third-order valence-corrected chi connectivity index (χ3v) is 6.15. The largest absolute Gasteiger partial charge is 0.496 e. The van der Waals surface area contributed by atoms with Gasteiger partial charge in [-0.2, -0.15) is 0 Å². The zero-order valence-corrected chi connectivity index (χ0v) is 18.0. The molecule has 3 aromatic rings. The van der Waals surface area contributed by atoms with Gasteiger partial charge in [0.25, 0.3) is 5.91 Å². The standard InChI is InChI=1S/C23H20N2O2S2/c1-24(2)16-9-11-17(12-10-16)25-22(26)21(29-23(25)28)14-19-18-7-5-4-6-15(18)8-13-20(19)27-3/h4-14H,1-3H3/b21-14+. The molecule has 0 atom stereocenters. The first-order chi connectivity index (χ1) is 14.0. The van der Waals surface area contributed by atoms with Gasteiger partial charge in [-0.05, 0) is 47.2 Å². The summed E-state index contributed by atoms with van der Waals surface area (Å²) in [5.41, 5.74) is 2.72. The number of amides is 1. The van der Waals surface area contributed by atoms with Crippen molar-refractivity contribution >= 4 is 62.4 Å². The van der Waals surface area contributed by atoms with Gasteiger partial charge >= 0.3 is 0 Å². The number of ether oxygens (including phenoxy) is 1. The van der Waals surface area contributed by atoms with E-state index in [2.05, 4.69) is 0 Å². The van der Waals surface area contributed by atoms with Gasteiger partial charge in [-0.1, -0.05) is 54.3 Å². The van der Waals surface area contributed by atoms with E-state index in [9.17, 15) is 4.79 Å². The van der Waals surface area contributed by atoms with Gasteiger partial charge in [-0.15, -0.1) is 0 Å². The van der Waals surface area contributed by atoms with E-state index in [0.29, 0.717) is 9.23 Å². The van der Waals surface area contributed by atoms with Gasteiger partial charge in [0.15, 0.2) is 4.32 Å². The first-order valence-electron chi connectivity index (χ1n) is 9.10. The molecule has 4 nitrogen and oxygen atoms in total. The molecule has 1 saturated heterocycles. The van der Waals surface area contributed by atoms with Crippen LogP contribution in [-0.2, 0) is 4.79 Å². The molecule has 0 aliphatic carbocycles. The summed E-state index contributed by atoms with van der Waals surface area (Å²) >= 11 is 6.83. The predicted molar refractivity (Wildman–Crippen MR) is 127 cm³/mol. The predicted octanol–water partition coefficient (Wildman–Crippen LogP) is 5.32. The molecule has 146 valence electrons. The summed E-state index contributed by atoms with van der Waals surface area (Å²) in [4.78, 5) is 17.4. The molecule has 3 aromatic carbocycles. The number of carbonyl (C=O) groups is 1. The number of fused-ring (bicyclic) bond motifs is 1. The molecule has 1 fully saturated rings. The van der Waals surface area contributed by atoms with Gasteiger partial charge in [0, 0.05) is 25.3 Å². The Bertz CT molecular complexity index is 1140. The lowest BCUT2D eigenvalue weighted by molar-refractivity contribution is -0.113. The Labute approximate surface area is 179 Å². The molecule has 6 heteroatoms. The Hall–Kier alpha value is -2.83. The maximum atomic E-state index is 13.2. The highest BCUT2D eigenvalue weighted by Crippen LogP contribution is 2.39. The van der Waals surface area contributed by atoms with Crippen molar-refractivity contribution in [3.63, 3.8) is 0 Å². The van der Waals surface area contributed by atoms with Crippen LogP contribution in [-0.4, -0.2) is 31.4 Å². The maximum Gasteiger partial charge on any atom is 0.270 e. The molecule has 0 N–H and O–H groups in total.